The lowest BCUT2D eigenvalue weighted by molar-refractivity contribution is -0.136. The van der Waals surface area contributed by atoms with Crippen molar-refractivity contribution in [2.75, 3.05) is 7.11 Å². The third-order valence-electron chi connectivity index (χ3n) is 2.64. The van der Waals surface area contributed by atoms with E-state index in [0.29, 0.717) is 5.88 Å². The van der Waals surface area contributed by atoms with Crippen LogP contribution < -0.4 is 4.74 Å². The molecule has 0 bridgehead atoms. The van der Waals surface area contributed by atoms with Crippen LogP contribution in [0.15, 0.2) is 23.1 Å². The Bertz CT molecular complexity index is 594. The topological polar surface area (TPSA) is 64.4 Å². The van der Waals surface area contributed by atoms with Gasteiger partial charge in [-0.15, -0.1) is 16.9 Å². The number of thioether (sulfide) groups is 1. The summed E-state index contributed by atoms with van der Waals surface area (Å²) in [5.74, 6) is -0.267. The Morgan fingerprint density at radius 2 is 2.28 bits per heavy atom. The average molecular weight is 266 g/mol. The van der Waals surface area contributed by atoms with Crippen molar-refractivity contribution in [3.05, 3.63) is 18.2 Å². The number of nitrogens with zero attached hydrogens (tertiary/aromatic N) is 2. The zero-order chi connectivity index (χ0) is 13.3. The van der Waals surface area contributed by atoms with Gasteiger partial charge in [0.15, 0.2) is 0 Å². The van der Waals surface area contributed by atoms with E-state index in [1.165, 1.54) is 11.8 Å². The van der Waals surface area contributed by atoms with E-state index in [1.54, 1.807) is 18.7 Å². The zero-order valence-corrected chi connectivity index (χ0v) is 11.2. The minimum atomic E-state index is -0.821. The van der Waals surface area contributed by atoms with Crippen molar-refractivity contribution in [1.29, 1.82) is 0 Å². The van der Waals surface area contributed by atoms with Gasteiger partial charge in [-0.3, -0.25) is 9.48 Å². The number of carboxylic acids is 1. The first-order valence-corrected chi connectivity index (χ1v) is 6.31. The number of carbonyl (C=O) groups is 1. The van der Waals surface area contributed by atoms with Crippen LogP contribution in [0.25, 0.3) is 10.9 Å². The van der Waals surface area contributed by atoms with Gasteiger partial charge in [0.25, 0.3) is 0 Å². The molecule has 1 aromatic heterocycles. The summed E-state index contributed by atoms with van der Waals surface area (Å²) in [7, 11) is 3.42. The number of benzene rings is 1. The molecule has 0 aliphatic carbocycles. The number of carboxylic acid groups (broad SMARTS) is 1. The quantitative estimate of drug-likeness (QED) is 0.859. The minimum Gasteiger partial charge on any atom is -0.480 e. The number of methoxy groups -OCH3 is 1. The van der Waals surface area contributed by atoms with E-state index in [9.17, 15) is 4.79 Å². The maximum absolute atomic E-state index is 10.8. The van der Waals surface area contributed by atoms with E-state index in [-0.39, 0.29) is 0 Å². The predicted molar refractivity (Wildman–Crippen MR) is 70.2 cm³/mol. The second kappa shape index (κ2) is 4.89. The number of rotatable bonds is 4. The van der Waals surface area contributed by atoms with Crippen LogP contribution in [0, 0.1) is 0 Å². The molecule has 0 saturated heterocycles. The fourth-order valence-electron chi connectivity index (χ4n) is 1.69. The first-order valence-electron chi connectivity index (χ1n) is 5.43. The normalized spacial score (nSPS) is 12.6. The lowest BCUT2D eigenvalue weighted by Gasteiger charge is -2.06. The van der Waals surface area contributed by atoms with Crippen molar-refractivity contribution < 1.29 is 14.6 Å². The Morgan fingerprint density at radius 1 is 1.56 bits per heavy atom. The molecular weight excluding hydrogens is 252 g/mol. The smallest absolute Gasteiger partial charge is 0.316 e. The summed E-state index contributed by atoms with van der Waals surface area (Å²) >= 11 is 1.30. The fourth-order valence-corrected chi connectivity index (χ4v) is 2.53. The van der Waals surface area contributed by atoms with Crippen LogP contribution in [-0.2, 0) is 11.8 Å². The molecule has 0 amide bonds. The molecule has 2 rings (SSSR count). The standard InChI is InChI=1S/C12H14N2O3S/c1-7(12(15)16)18-8-4-5-10-9(6-8)11(17-3)13-14(10)2/h4-7H,1-3H3,(H,15,16). The number of aromatic nitrogens is 2. The molecule has 6 heteroatoms. The summed E-state index contributed by atoms with van der Waals surface area (Å²) in [6.45, 7) is 1.66. The number of hydrogen-bond acceptors (Lipinski definition) is 4. The van der Waals surface area contributed by atoms with Crippen molar-refractivity contribution in [3.8, 4) is 5.88 Å². The molecular formula is C12H14N2O3S. The second-order valence-electron chi connectivity index (χ2n) is 3.91. The van der Waals surface area contributed by atoms with Crippen LogP contribution in [0.1, 0.15) is 6.92 Å². The minimum absolute atomic E-state index is 0.481. The molecule has 2 aromatic rings. The first kappa shape index (κ1) is 12.8. The van der Waals surface area contributed by atoms with Gasteiger partial charge >= 0.3 is 5.97 Å². The van der Waals surface area contributed by atoms with Crippen molar-refractivity contribution in [3.63, 3.8) is 0 Å². The Morgan fingerprint density at radius 3 is 2.89 bits per heavy atom. The Kier molecular flexibility index (Phi) is 3.47. The molecule has 1 unspecified atom stereocenters. The van der Waals surface area contributed by atoms with E-state index in [2.05, 4.69) is 5.10 Å². The molecule has 18 heavy (non-hydrogen) atoms. The molecule has 96 valence electrons. The van der Waals surface area contributed by atoms with Crippen LogP contribution >= 0.6 is 11.8 Å². The van der Waals surface area contributed by atoms with Gasteiger partial charge in [-0.05, 0) is 25.1 Å². The summed E-state index contributed by atoms with van der Waals surface area (Å²) in [6.07, 6.45) is 0. The molecule has 5 nitrogen and oxygen atoms in total. The van der Waals surface area contributed by atoms with Crippen LogP contribution in [-0.4, -0.2) is 33.2 Å². The average Bonchev–Trinajstić information content (AvgIpc) is 2.65. The van der Waals surface area contributed by atoms with Gasteiger partial charge in [0.2, 0.25) is 5.88 Å². The lowest BCUT2D eigenvalue weighted by Crippen LogP contribution is -2.10. The van der Waals surface area contributed by atoms with Crippen LogP contribution in [0.5, 0.6) is 5.88 Å². The summed E-state index contributed by atoms with van der Waals surface area (Å²) < 4.78 is 6.94. The molecule has 1 atom stereocenters. The number of hydrogen-bond donors (Lipinski definition) is 1. The van der Waals surface area contributed by atoms with Gasteiger partial charge in [-0.1, -0.05) is 0 Å². The van der Waals surface area contributed by atoms with E-state index in [0.717, 1.165) is 15.8 Å². The van der Waals surface area contributed by atoms with Gasteiger partial charge in [-0.25, -0.2) is 0 Å². The van der Waals surface area contributed by atoms with Crippen molar-refractivity contribution in [2.24, 2.45) is 7.05 Å². The number of aryl methyl sites for hydroxylation is 1. The lowest BCUT2D eigenvalue weighted by atomic mass is 10.2. The van der Waals surface area contributed by atoms with E-state index >= 15 is 0 Å². The summed E-state index contributed by atoms with van der Waals surface area (Å²) in [5.41, 5.74) is 0.958. The molecule has 0 saturated carbocycles. The van der Waals surface area contributed by atoms with Gasteiger partial charge in [0.1, 0.15) is 5.25 Å². The third kappa shape index (κ3) is 2.28. The Labute approximate surface area is 109 Å². The van der Waals surface area contributed by atoms with Gasteiger partial charge in [0, 0.05) is 11.9 Å². The highest BCUT2D eigenvalue weighted by molar-refractivity contribution is 8.00. The highest BCUT2D eigenvalue weighted by Crippen LogP contribution is 2.31. The van der Waals surface area contributed by atoms with Crippen LogP contribution in [0.3, 0.4) is 0 Å². The van der Waals surface area contributed by atoms with E-state index in [4.69, 9.17) is 9.84 Å². The number of aliphatic carboxylic acids is 1. The molecule has 1 N–H and O–H groups in total. The van der Waals surface area contributed by atoms with Crippen molar-refractivity contribution in [1.82, 2.24) is 9.78 Å². The summed E-state index contributed by atoms with van der Waals surface area (Å²) in [6, 6.07) is 5.72. The van der Waals surface area contributed by atoms with Crippen LogP contribution in [0.4, 0.5) is 0 Å². The van der Waals surface area contributed by atoms with Gasteiger partial charge < -0.3 is 9.84 Å². The van der Waals surface area contributed by atoms with E-state index in [1.807, 2.05) is 25.2 Å². The molecule has 1 heterocycles. The maximum atomic E-state index is 10.8. The molecule has 1 aromatic carbocycles. The Balaban J connectivity index is 2.40. The summed E-state index contributed by atoms with van der Waals surface area (Å²) in [5, 5.41) is 13.5. The second-order valence-corrected chi connectivity index (χ2v) is 5.32. The molecule has 0 aliphatic heterocycles. The highest BCUT2D eigenvalue weighted by atomic mass is 32.2. The van der Waals surface area contributed by atoms with Crippen molar-refractivity contribution >= 4 is 28.6 Å². The predicted octanol–water partition coefficient (Wildman–Crippen LogP) is 2.15. The number of ether oxygens (including phenoxy) is 1. The fraction of sp³-hybridized carbons (Fsp3) is 0.333. The van der Waals surface area contributed by atoms with E-state index < -0.39 is 11.2 Å². The third-order valence-corrected chi connectivity index (χ3v) is 3.72. The SMILES string of the molecule is COc1nn(C)c2ccc(SC(C)C(=O)O)cc12. The first-order chi connectivity index (χ1) is 8.52. The molecule has 0 radical (unpaired) electrons. The van der Waals surface area contributed by atoms with Crippen LogP contribution in [0.2, 0.25) is 0 Å². The number of fused-ring (bicyclic) bond motifs is 1. The molecule has 0 fully saturated rings. The zero-order valence-electron chi connectivity index (χ0n) is 10.4. The monoisotopic (exact) mass is 266 g/mol. The maximum Gasteiger partial charge on any atom is 0.316 e. The highest BCUT2D eigenvalue weighted by Gasteiger charge is 2.14. The van der Waals surface area contributed by atoms with Gasteiger partial charge in [0.05, 0.1) is 18.0 Å². The molecule has 0 aliphatic rings. The molecule has 0 spiro atoms. The van der Waals surface area contributed by atoms with Gasteiger partial charge in [-0.2, -0.15) is 0 Å². The Hall–Kier alpha value is -1.69. The largest absolute Gasteiger partial charge is 0.480 e. The van der Waals surface area contributed by atoms with Crippen molar-refractivity contribution in [2.45, 2.75) is 17.1 Å². The summed E-state index contributed by atoms with van der Waals surface area (Å²) in [4.78, 5) is 11.7.